The Hall–Kier alpha value is -2.75. The molecular formula is C16H12N4. The molecule has 20 heavy (non-hydrogen) atoms. The van der Waals surface area contributed by atoms with Crippen molar-refractivity contribution in [1.29, 1.82) is 0 Å². The Morgan fingerprint density at radius 1 is 0.950 bits per heavy atom. The molecule has 0 unspecified atom stereocenters. The predicted octanol–water partition coefficient (Wildman–Crippen LogP) is 3.25. The molecule has 0 atom stereocenters. The van der Waals surface area contributed by atoms with Crippen molar-refractivity contribution in [2.45, 2.75) is 6.92 Å². The van der Waals surface area contributed by atoms with Crippen LogP contribution in [0.15, 0.2) is 54.7 Å². The summed E-state index contributed by atoms with van der Waals surface area (Å²) in [6.45, 7) is 1.88. The molecule has 0 aliphatic rings. The van der Waals surface area contributed by atoms with Gasteiger partial charge in [0.05, 0.1) is 5.69 Å². The third kappa shape index (κ3) is 1.58. The highest BCUT2D eigenvalue weighted by atomic mass is 15.3. The van der Waals surface area contributed by atoms with Gasteiger partial charge in [0.25, 0.3) is 5.78 Å². The average molecular weight is 260 g/mol. The van der Waals surface area contributed by atoms with E-state index >= 15 is 0 Å². The fourth-order valence-electron chi connectivity index (χ4n) is 2.55. The highest BCUT2D eigenvalue weighted by Crippen LogP contribution is 2.28. The number of aromatic nitrogens is 4. The quantitative estimate of drug-likeness (QED) is 0.527. The lowest BCUT2D eigenvalue weighted by molar-refractivity contribution is 0.925. The van der Waals surface area contributed by atoms with Crippen molar-refractivity contribution in [1.82, 2.24) is 19.6 Å². The summed E-state index contributed by atoms with van der Waals surface area (Å²) in [6, 6.07) is 16.6. The summed E-state index contributed by atoms with van der Waals surface area (Å²) >= 11 is 0. The Bertz CT molecular complexity index is 919. The molecule has 2 heterocycles. The lowest BCUT2D eigenvalue weighted by atomic mass is 10.0. The Morgan fingerprint density at radius 3 is 2.75 bits per heavy atom. The van der Waals surface area contributed by atoms with Gasteiger partial charge in [-0.3, -0.25) is 0 Å². The Morgan fingerprint density at radius 2 is 1.80 bits per heavy atom. The first kappa shape index (κ1) is 11.1. The zero-order chi connectivity index (χ0) is 13.5. The highest BCUT2D eigenvalue weighted by molar-refractivity contribution is 5.95. The van der Waals surface area contributed by atoms with Crippen molar-refractivity contribution in [3.63, 3.8) is 0 Å². The standard InChI is InChI=1S/C16H12N4/c1-11-18-16-17-10-9-15(20(16)19-11)14-8-4-6-12-5-2-3-7-13(12)14/h2-10H,1H3. The van der Waals surface area contributed by atoms with Crippen LogP contribution in [0.1, 0.15) is 5.82 Å². The van der Waals surface area contributed by atoms with Gasteiger partial charge in [-0.25, -0.2) is 4.98 Å². The molecule has 0 bridgehead atoms. The van der Waals surface area contributed by atoms with Gasteiger partial charge in [0.1, 0.15) is 5.82 Å². The van der Waals surface area contributed by atoms with E-state index in [2.05, 4.69) is 51.5 Å². The van der Waals surface area contributed by atoms with Gasteiger partial charge in [-0.15, -0.1) is 5.10 Å². The minimum atomic E-state index is 0.632. The van der Waals surface area contributed by atoms with Gasteiger partial charge in [-0.2, -0.15) is 9.50 Å². The molecule has 2 aromatic carbocycles. The Labute approximate surface area is 115 Å². The molecule has 0 fully saturated rings. The van der Waals surface area contributed by atoms with E-state index in [1.807, 2.05) is 19.1 Å². The van der Waals surface area contributed by atoms with Gasteiger partial charge in [0.2, 0.25) is 0 Å². The van der Waals surface area contributed by atoms with E-state index in [1.165, 1.54) is 10.8 Å². The monoisotopic (exact) mass is 260 g/mol. The van der Waals surface area contributed by atoms with Gasteiger partial charge < -0.3 is 0 Å². The molecule has 4 aromatic rings. The second-order valence-corrected chi connectivity index (χ2v) is 4.73. The molecule has 96 valence electrons. The fraction of sp³-hybridized carbons (Fsp3) is 0.0625. The third-order valence-electron chi connectivity index (χ3n) is 3.41. The molecule has 2 aromatic heterocycles. The molecule has 0 N–H and O–H groups in total. The van der Waals surface area contributed by atoms with Crippen molar-refractivity contribution >= 4 is 16.6 Å². The predicted molar refractivity (Wildman–Crippen MR) is 78.5 cm³/mol. The zero-order valence-electron chi connectivity index (χ0n) is 11.0. The number of hydrogen-bond acceptors (Lipinski definition) is 3. The SMILES string of the molecule is Cc1nc2nccc(-c3cccc4ccccc34)n2n1. The van der Waals surface area contributed by atoms with Crippen LogP contribution in [-0.4, -0.2) is 19.6 Å². The first-order chi connectivity index (χ1) is 9.83. The van der Waals surface area contributed by atoms with Gasteiger partial charge in [0.15, 0.2) is 0 Å². The summed E-state index contributed by atoms with van der Waals surface area (Å²) in [5, 5.41) is 6.86. The highest BCUT2D eigenvalue weighted by Gasteiger charge is 2.10. The van der Waals surface area contributed by atoms with Crippen molar-refractivity contribution < 1.29 is 0 Å². The van der Waals surface area contributed by atoms with Crippen LogP contribution >= 0.6 is 0 Å². The first-order valence-corrected chi connectivity index (χ1v) is 6.49. The lowest BCUT2D eigenvalue weighted by Crippen LogP contribution is -1.96. The van der Waals surface area contributed by atoms with Crippen LogP contribution in [0.3, 0.4) is 0 Å². The topological polar surface area (TPSA) is 43.1 Å². The molecule has 0 amide bonds. The summed E-state index contributed by atoms with van der Waals surface area (Å²) < 4.78 is 1.80. The van der Waals surface area contributed by atoms with E-state index < -0.39 is 0 Å². The van der Waals surface area contributed by atoms with Gasteiger partial charge in [0, 0.05) is 11.8 Å². The molecule has 4 rings (SSSR count). The van der Waals surface area contributed by atoms with Crippen molar-refractivity contribution in [3.05, 3.63) is 60.6 Å². The third-order valence-corrected chi connectivity index (χ3v) is 3.41. The molecule has 0 saturated carbocycles. The van der Waals surface area contributed by atoms with Crippen LogP contribution in [0.4, 0.5) is 0 Å². The van der Waals surface area contributed by atoms with E-state index in [-0.39, 0.29) is 0 Å². The largest absolute Gasteiger partial charge is 0.252 e. The van der Waals surface area contributed by atoms with Crippen molar-refractivity contribution in [2.75, 3.05) is 0 Å². The van der Waals surface area contributed by atoms with Gasteiger partial charge in [-0.05, 0) is 23.8 Å². The zero-order valence-corrected chi connectivity index (χ0v) is 11.0. The second-order valence-electron chi connectivity index (χ2n) is 4.73. The maximum absolute atomic E-state index is 4.44. The van der Waals surface area contributed by atoms with Crippen LogP contribution < -0.4 is 0 Å². The number of benzene rings is 2. The van der Waals surface area contributed by atoms with Crippen molar-refractivity contribution in [2.24, 2.45) is 0 Å². The molecule has 0 saturated heterocycles. The van der Waals surface area contributed by atoms with E-state index in [9.17, 15) is 0 Å². The molecule has 0 spiro atoms. The van der Waals surface area contributed by atoms with Crippen LogP contribution in [0, 0.1) is 6.92 Å². The van der Waals surface area contributed by atoms with Crippen LogP contribution in [0.2, 0.25) is 0 Å². The molecule has 0 aliphatic carbocycles. The van der Waals surface area contributed by atoms with Crippen LogP contribution in [0.5, 0.6) is 0 Å². The first-order valence-electron chi connectivity index (χ1n) is 6.49. The Kier molecular flexibility index (Phi) is 2.29. The van der Waals surface area contributed by atoms with E-state index in [1.54, 1.807) is 10.7 Å². The summed E-state index contributed by atoms with van der Waals surface area (Å²) in [5.41, 5.74) is 2.15. The van der Waals surface area contributed by atoms with E-state index in [0.29, 0.717) is 5.78 Å². The maximum atomic E-state index is 4.44. The molecule has 4 heteroatoms. The van der Waals surface area contributed by atoms with E-state index in [0.717, 1.165) is 17.1 Å². The number of nitrogens with zero attached hydrogens (tertiary/aromatic N) is 4. The smallest absolute Gasteiger partial charge is 0.220 e. The summed E-state index contributed by atoms with van der Waals surface area (Å²) in [5.74, 6) is 1.36. The van der Waals surface area contributed by atoms with Crippen LogP contribution in [-0.2, 0) is 0 Å². The van der Waals surface area contributed by atoms with Crippen molar-refractivity contribution in [3.8, 4) is 11.3 Å². The number of fused-ring (bicyclic) bond motifs is 2. The second kappa shape index (κ2) is 4.13. The molecular weight excluding hydrogens is 248 g/mol. The number of aryl methyl sites for hydroxylation is 1. The van der Waals surface area contributed by atoms with E-state index in [4.69, 9.17) is 0 Å². The Balaban J connectivity index is 2.11. The minimum Gasteiger partial charge on any atom is -0.220 e. The maximum Gasteiger partial charge on any atom is 0.252 e. The minimum absolute atomic E-state index is 0.632. The number of hydrogen-bond donors (Lipinski definition) is 0. The normalized spacial score (nSPS) is 11.2. The summed E-state index contributed by atoms with van der Waals surface area (Å²) in [6.07, 6.45) is 1.78. The summed E-state index contributed by atoms with van der Waals surface area (Å²) in [4.78, 5) is 8.58. The fourth-order valence-corrected chi connectivity index (χ4v) is 2.55. The summed E-state index contributed by atoms with van der Waals surface area (Å²) in [7, 11) is 0. The van der Waals surface area contributed by atoms with Crippen LogP contribution in [0.25, 0.3) is 27.8 Å². The molecule has 4 nitrogen and oxygen atoms in total. The number of rotatable bonds is 1. The molecule has 0 aliphatic heterocycles. The lowest BCUT2D eigenvalue weighted by Gasteiger charge is -2.07. The molecule has 0 radical (unpaired) electrons. The average Bonchev–Trinajstić information content (AvgIpc) is 2.87. The van der Waals surface area contributed by atoms with Gasteiger partial charge in [-0.1, -0.05) is 42.5 Å². The van der Waals surface area contributed by atoms with Gasteiger partial charge >= 0.3 is 0 Å².